The van der Waals surface area contributed by atoms with E-state index in [1.807, 2.05) is 24.3 Å². The predicted molar refractivity (Wildman–Crippen MR) is 100 cm³/mol. The number of fused-ring (bicyclic) bond motifs is 3. The molecule has 0 atom stereocenters. The van der Waals surface area contributed by atoms with Crippen molar-refractivity contribution >= 4 is 10.8 Å². The van der Waals surface area contributed by atoms with Gasteiger partial charge in [-0.2, -0.15) is 0 Å². The SMILES string of the molecule is COc1cc2cc(CN)nc(-c3ccccc3)c2c2c1OC(C)(C)C2. The van der Waals surface area contributed by atoms with Crippen LogP contribution < -0.4 is 15.2 Å². The van der Waals surface area contributed by atoms with E-state index in [-0.39, 0.29) is 5.60 Å². The summed E-state index contributed by atoms with van der Waals surface area (Å²) in [6.07, 6.45) is 0.819. The molecule has 2 heterocycles. The average molecular weight is 334 g/mol. The smallest absolute Gasteiger partial charge is 0.166 e. The number of aromatic nitrogens is 1. The van der Waals surface area contributed by atoms with Crippen LogP contribution in [-0.4, -0.2) is 17.7 Å². The van der Waals surface area contributed by atoms with E-state index < -0.39 is 0 Å². The van der Waals surface area contributed by atoms with Gasteiger partial charge in [0.1, 0.15) is 5.60 Å². The first-order valence-corrected chi connectivity index (χ1v) is 8.50. The van der Waals surface area contributed by atoms with Crippen LogP contribution in [0, 0.1) is 0 Å². The molecule has 0 aliphatic carbocycles. The van der Waals surface area contributed by atoms with Crippen molar-refractivity contribution in [1.82, 2.24) is 4.98 Å². The van der Waals surface area contributed by atoms with Crippen LogP contribution in [-0.2, 0) is 13.0 Å². The van der Waals surface area contributed by atoms with Crippen LogP contribution in [0.1, 0.15) is 25.1 Å². The van der Waals surface area contributed by atoms with Crippen LogP contribution in [0.2, 0.25) is 0 Å². The van der Waals surface area contributed by atoms with Crippen molar-refractivity contribution in [2.45, 2.75) is 32.4 Å². The highest BCUT2D eigenvalue weighted by Gasteiger charge is 2.35. The maximum Gasteiger partial charge on any atom is 0.166 e. The highest BCUT2D eigenvalue weighted by molar-refractivity contribution is 6.00. The normalized spacial score (nSPS) is 15.0. The molecule has 0 saturated heterocycles. The molecule has 3 aromatic rings. The first-order valence-electron chi connectivity index (χ1n) is 8.50. The van der Waals surface area contributed by atoms with Gasteiger partial charge in [0.05, 0.1) is 18.5 Å². The molecule has 2 N–H and O–H groups in total. The molecule has 0 bridgehead atoms. The largest absolute Gasteiger partial charge is 0.493 e. The van der Waals surface area contributed by atoms with Gasteiger partial charge in [0, 0.05) is 29.5 Å². The molecule has 4 nitrogen and oxygen atoms in total. The van der Waals surface area contributed by atoms with E-state index in [4.69, 9.17) is 20.2 Å². The molecule has 1 aliphatic rings. The summed E-state index contributed by atoms with van der Waals surface area (Å²) in [5, 5.41) is 2.22. The van der Waals surface area contributed by atoms with Gasteiger partial charge in [-0.25, -0.2) is 0 Å². The summed E-state index contributed by atoms with van der Waals surface area (Å²) in [5.74, 6) is 1.60. The second-order valence-corrected chi connectivity index (χ2v) is 7.06. The fourth-order valence-corrected chi connectivity index (χ4v) is 3.60. The Kier molecular flexibility index (Phi) is 3.65. The second-order valence-electron chi connectivity index (χ2n) is 7.06. The van der Waals surface area contributed by atoms with Crippen molar-refractivity contribution in [3.05, 3.63) is 53.7 Å². The maximum atomic E-state index is 6.19. The standard InChI is InChI=1S/C21H22N2O2/c1-21(2)11-16-18-14(10-17(24-3)20(16)25-21)9-15(12-22)23-19(18)13-7-5-4-6-8-13/h4-10H,11-12,22H2,1-3H3. The Labute approximate surface area is 147 Å². The Balaban J connectivity index is 2.10. The minimum atomic E-state index is -0.260. The van der Waals surface area contributed by atoms with Gasteiger partial charge in [-0.15, -0.1) is 0 Å². The van der Waals surface area contributed by atoms with Crippen LogP contribution in [0.5, 0.6) is 11.5 Å². The highest BCUT2D eigenvalue weighted by Crippen LogP contribution is 2.48. The molecule has 1 aromatic heterocycles. The number of pyridine rings is 1. The lowest BCUT2D eigenvalue weighted by molar-refractivity contribution is 0.134. The number of benzene rings is 2. The third-order valence-corrected chi connectivity index (χ3v) is 4.65. The molecule has 25 heavy (non-hydrogen) atoms. The molecule has 1 aliphatic heterocycles. The number of rotatable bonds is 3. The Morgan fingerprint density at radius 3 is 2.64 bits per heavy atom. The molecule has 0 radical (unpaired) electrons. The van der Waals surface area contributed by atoms with E-state index in [9.17, 15) is 0 Å². The topological polar surface area (TPSA) is 57.4 Å². The summed E-state index contributed by atoms with van der Waals surface area (Å²) in [6.45, 7) is 4.60. The van der Waals surface area contributed by atoms with Crippen LogP contribution >= 0.6 is 0 Å². The van der Waals surface area contributed by atoms with Gasteiger partial charge in [0.15, 0.2) is 11.5 Å². The Morgan fingerprint density at radius 1 is 1.20 bits per heavy atom. The fourth-order valence-electron chi connectivity index (χ4n) is 3.60. The molecule has 128 valence electrons. The molecule has 4 heteroatoms. The molecule has 0 amide bonds. The van der Waals surface area contributed by atoms with E-state index in [2.05, 4.69) is 32.0 Å². The van der Waals surface area contributed by atoms with Crippen molar-refractivity contribution < 1.29 is 9.47 Å². The Bertz CT molecular complexity index is 949. The lowest BCUT2D eigenvalue weighted by Gasteiger charge is -2.17. The fraction of sp³-hybridized carbons (Fsp3) is 0.286. The second kappa shape index (κ2) is 5.74. The summed E-state index contributed by atoms with van der Waals surface area (Å²) >= 11 is 0. The third-order valence-electron chi connectivity index (χ3n) is 4.65. The first-order chi connectivity index (χ1) is 12.0. The molecule has 0 unspecified atom stereocenters. The highest BCUT2D eigenvalue weighted by atomic mass is 16.5. The minimum Gasteiger partial charge on any atom is -0.493 e. The van der Waals surface area contributed by atoms with Gasteiger partial charge in [0.25, 0.3) is 0 Å². The summed E-state index contributed by atoms with van der Waals surface area (Å²) in [6, 6.07) is 14.3. The van der Waals surface area contributed by atoms with Crippen LogP contribution in [0.25, 0.3) is 22.0 Å². The number of ether oxygens (including phenoxy) is 2. The van der Waals surface area contributed by atoms with Gasteiger partial charge in [-0.05, 0) is 31.4 Å². The molecule has 0 saturated carbocycles. The number of nitrogens with zero attached hydrogens (tertiary/aromatic N) is 1. The Morgan fingerprint density at radius 2 is 1.96 bits per heavy atom. The lowest BCUT2D eigenvalue weighted by atomic mass is 9.93. The summed E-state index contributed by atoms with van der Waals surface area (Å²) < 4.78 is 11.8. The third kappa shape index (κ3) is 2.63. The van der Waals surface area contributed by atoms with E-state index in [1.165, 1.54) is 0 Å². The van der Waals surface area contributed by atoms with Gasteiger partial charge in [-0.1, -0.05) is 30.3 Å². The summed E-state index contributed by atoms with van der Waals surface area (Å²) in [4.78, 5) is 4.85. The van der Waals surface area contributed by atoms with Crippen LogP contribution in [0.15, 0.2) is 42.5 Å². The lowest BCUT2D eigenvalue weighted by Crippen LogP contribution is -2.24. The molecule has 0 fully saturated rings. The van der Waals surface area contributed by atoms with Crippen molar-refractivity contribution in [2.24, 2.45) is 5.73 Å². The van der Waals surface area contributed by atoms with Gasteiger partial charge in [0.2, 0.25) is 0 Å². The first kappa shape index (κ1) is 15.9. The zero-order valence-corrected chi connectivity index (χ0v) is 14.8. The molecule has 2 aromatic carbocycles. The zero-order valence-electron chi connectivity index (χ0n) is 14.8. The van der Waals surface area contributed by atoms with Crippen molar-refractivity contribution in [3.63, 3.8) is 0 Å². The zero-order chi connectivity index (χ0) is 17.6. The number of hydrogen-bond donors (Lipinski definition) is 1. The van der Waals surface area contributed by atoms with Crippen LogP contribution in [0.4, 0.5) is 0 Å². The average Bonchev–Trinajstić information content (AvgIpc) is 2.95. The summed E-state index contributed by atoms with van der Waals surface area (Å²) in [5.41, 5.74) is 9.71. The Hall–Kier alpha value is -2.59. The van der Waals surface area contributed by atoms with E-state index >= 15 is 0 Å². The van der Waals surface area contributed by atoms with Crippen LogP contribution in [0.3, 0.4) is 0 Å². The van der Waals surface area contributed by atoms with E-state index in [1.54, 1.807) is 7.11 Å². The van der Waals surface area contributed by atoms with Gasteiger partial charge < -0.3 is 15.2 Å². The molecular weight excluding hydrogens is 312 g/mol. The van der Waals surface area contributed by atoms with Gasteiger partial charge >= 0.3 is 0 Å². The number of methoxy groups -OCH3 is 1. The summed E-state index contributed by atoms with van der Waals surface area (Å²) in [7, 11) is 1.68. The predicted octanol–water partition coefficient (Wildman–Crippen LogP) is 4.08. The number of hydrogen-bond acceptors (Lipinski definition) is 4. The van der Waals surface area contributed by atoms with E-state index in [0.29, 0.717) is 6.54 Å². The maximum absolute atomic E-state index is 6.19. The monoisotopic (exact) mass is 334 g/mol. The quantitative estimate of drug-likeness (QED) is 0.784. The number of nitrogens with two attached hydrogens (primary N) is 1. The van der Waals surface area contributed by atoms with Crippen molar-refractivity contribution in [2.75, 3.05) is 7.11 Å². The molecule has 4 rings (SSSR count). The van der Waals surface area contributed by atoms with Gasteiger partial charge in [-0.3, -0.25) is 4.98 Å². The molecule has 0 spiro atoms. The van der Waals surface area contributed by atoms with Crippen molar-refractivity contribution in [3.8, 4) is 22.8 Å². The minimum absolute atomic E-state index is 0.260. The van der Waals surface area contributed by atoms with Crippen molar-refractivity contribution in [1.29, 1.82) is 0 Å². The van der Waals surface area contributed by atoms with E-state index in [0.717, 1.165) is 51.2 Å². The molecular formula is C21H22N2O2.